The predicted octanol–water partition coefficient (Wildman–Crippen LogP) is 8.23. The number of thiophene rings is 1. The van der Waals surface area contributed by atoms with Gasteiger partial charge in [-0.15, -0.1) is 11.3 Å². The van der Waals surface area contributed by atoms with Crippen molar-refractivity contribution >= 4 is 45.4 Å². The van der Waals surface area contributed by atoms with Gasteiger partial charge in [0.25, 0.3) is 11.8 Å². The fraction of sp³-hybridized carbons (Fsp3) is 0.379. The summed E-state index contributed by atoms with van der Waals surface area (Å²) in [6.45, 7) is 8.11. The maximum absolute atomic E-state index is 13.5. The molecule has 2 unspecified atom stereocenters. The highest BCUT2D eigenvalue weighted by atomic mass is 35.5. The third-order valence-electron chi connectivity index (χ3n) is 6.88. The molecule has 0 bridgehead atoms. The number of carbonyl (C=O) groups is 2. The highest BCUT2D eigenvalue weighted by Gasteiger charge is 2.35. The molecule has 0 saturated carbocycles. The summed E-state index contributed by atoms with van der Waals surface area (Å²) in [6, 6.07) is 11.2. The summed E-state index contributed by atoms with van der Waals surface area (Å²) < 4.78 is 45.4. The number of fused-ring (bicyclic) bond motifs is 1. The minimum Gasteiger partial charge on any atom is -0.481 e. The molecule has 208 valence electrons. The van der Waals surface area contributed by atoms with Crippen LogP contribution in [0.15, 0.2) is 48.5 Å². The van der Waals surface area contributed by atoms with Crippen molar-refractivity contribution in [1.29, 1.82) is 0 Å². The van der Waals surface area contributed by atoms with Gasteiger partial charge in [0.1, 0.15) is 10.8 Å². The summed E-state index contributed by atoms with van der Waals surface area (Å²) in [7, 11) is 0. The molecule has 1 aliphatic rings. The largest absolute Gasteiger partial charge is 0.481 e. The van der Waals surface area contributed by atoms with E-state index in [9.17, 15) is 22.8 Å². The summed E-state index contributed by atoms with van der Waals surface area (Å²) >= 11 is 7.34. The number of rotatable bonds is 6. The van der Waals surface area contributed by atoms with Gasteiger partial charge >= 0.3 is 6.18 Å². The topological polar surface area (TPSA) is 67.4 Å². The second kappa shape index (κ2) is 11.2. The SMILES string of the molecule is CC(Oc1cccc(Cl)c1)C(=O)Nc1sc2c(c1C(=O)Nc1cccc(C(F)(F)F)c1)CCC(C(C)(C)C)C2. The Bertz CT molecular complexity index is 1380. The standard InChI is InChI=1S/C29H30ClF3N2O3S/c1-16(38-21-10-6-8-19(30)15-21)25(36)35-27-24(22-12-11-17(28(2,3)4)14-23(22)39-27)26(37)34-20-9-5-7-18(13-20)29(31,32)33/h5-10,13,15-17H,11-12,14H2,1-4H3,(H,34,37)(H,35,36). The molecule has 39 heavy (non-hydrogen) atoms. The first-order chi connectivity index (χ1) is 18.2. The second-order valence-corrected chi connectivity index (χ2v) is 12.3. The van der Waals surface area contributed by atoms with E-state index in [0.717, 1.165) is 35.4 Å². The number of halogens is 4. The van der Waals surface area contributed by atoms with Crippen LogP contribution in [0, 0.1) is 11.3 Å². The van der Waals surface area contributed by atoms with Gasteiger partial charge in [0, 0.05) is 15.6 Å². The molecule has 1 aromatic heterocycles. The van der Waals surface area contributed by atoms with Gasteiger partial charge in [-0.1, -0.05) is 44.5 Å². The summed E-state index contributed by atoms with van der Waals surface area (Å²) in [4.78, 5) is 27.6. The van der Waals surface area contributed by atoms with Crippen molar-refractivity contribution in [3.63, 3.8) is 0 Å². The van der Waals surface area contributed by atoms with Gasteiger partial charge in [0.15, 0.2) is 6.10 Å². The third kappa shape index (κ3) is 6.94. The van der Waals surface area contributed by atoms with Crippen molar-refractivity contribution in [3.05, 3.63) is 75.1 Å². The van der Waals surface area contributed by atoms with Crippen LogP contribution in [0.3, 0.4) is 0 Å². The van der Waals surface area contributed by atoms with Gasteiger partial charge in [-0.2, -0.15) is 13.2 Å². The number of carbonyl (C=O) groups excluding carboxylic acids is 2. The Morgan fingerprint density at radius 1 is 1.08 bits per heavy atom. The van der Waals surface area contributed by atoms with Crippen molar-refractivity contribution < 1.29 is 27.5 Å². The van der Waals surface area contributed by atoms with Crippen LogP contribution in [0.2, 0.25) is 5.02 Å². The summed E-state index contributed by atoms with van der Waals surface area (Å²) in [6.07, 6.45) is -3.20. The van der Waals surface area contributed by atoms with Crippen LogP contribution < -0.4 is 15.4 Å². The summed E-state index contributed by atoms with van der Waals surface area (Å²) in [5, 5.41) is 6.27. The van der Waals surface area contributed by atoms with E-state index in [1.807, 2.05) is 0 Å². The fourth-order valence-electron chi connectivity index (χ4n) is 4.63. The number of alkyl halides is 3. The Kier molecular flexibility index (Phi) is 8.33. The van der Waals surface area contributed by atoms with E-state index in [1.54, 1.807) is 31.2 Å². The van der Waals surface area contributed by atoms with E-state index in [2.05, 4.69) is 31.4 Å². The van der Waals surface area contributed by atoms with Gasteiger partial charge in [-0.05, 0) is 79.5 Å². The van der Waals surface area contributed by atoms with E-state index in [-0.39, 0.29) is 16.7 Å². The molecule has 1 aliphatic carbocycles. The molecule has 10 heteroatoms. The lowest BCUT2D eigenvalue weighted by molar-refractivity contribution is -0.137. The summed E-state index contributed by atoms with van der Waals surface area (Å²) in [5.41, 5.74) is 0.325. The highest BCUT2D eigenvalue weighted by molar-refractivity contribution is 7.17. The maximum Gasteiger partial charge on any atom is 0.416 e. The molecule has 0 fully saturated rings. The average molecular weight is 579 g/mol. The predicted molar refractivity (Wildman–Crippen MR) is 149 cm³/mol. The smallest absolute Gasteiger partial charge is 0.416 e. The fourth-order valence-corrected chi connectivity index (χ4v) is 6.14. The molecule has 3 aromatic rings. The molecule has 2 amide bonds. The van der Waals surface area contributed by atoms with Crippen LogP contribution in [0.4, 0.5) is 23.9 Å². The van der Waals surface area contributed by atoms with E-state index < -0.39 is 29.7 Å². The molecule has 0 saturated heterocycles. The maximum atomic E-state index is 13.5. The minimum atomic E-state index is -4.54. The first kappa shape index (κ1) is 29.0. The van der Waals surface area contributed by atoms with Crippen LogP contribution in [0.25, 0.3) is 0 Å². The molecule has 2 atom stereocenters. The number of hydrogen-bond acceptors (Lipinski definition) is 4. The van der Waals surface area contributed by atoms with Crippen LogP contribution >= 0.6 is 22.9 Å². The molecule has 5 nitrogen and oxygen atoms in total. The van der Waals surface area contributed by atoms with Crippen LogP contribution in [-0.2, 0) is 23.8 Å². The molecule has 0 spiro atoms. The molecule has 0 aliphatic heterocycles. The molecule has 0 radical (unpaired) electrons. The minimum absolute atomic E-state index is 0.0214. The lowest BCUT2D eigenvalue weighted by Crippen LogP contribution is -2.30. The Labute approximate surface area is 234 Å². The normalized spacial score (nSPS) is 16.3. The zero-order valence-corrected chi connectivity index (χ0v) is 23.6. The number of nitrogens with one attached hydrogen (secondary N) is 2. The second-order valence-electron chi connectivity index (χ2n) is 10.8. The van der Waals surface area contributed by atoms with E-state index in [1.165, 1.54) is 23.5 Å². The lowest BCUT2D eigenvalue weighted by Gasteiger charge is -2.33. The molecular weight excluding hydrogens is 549 g/mol. The number of ether oxygens (including phenoxy) is 1. The zero-order valence-electron chi connectivity index (χ0n) is 22.0. The Morgan fingerprint density at radius 2 is 1.79 bits per heavy atom. The van der Waals surface area contributed by atoms with Gasteiger partial charge in [-0.3, -0.25) is 9.59 Å². The number of amides is 2. The Balaban J connectivity index is 1.62. The van der Waals surface area contributed by atoms with Gasteiger partial charge in [-0.25, -0.2) is 0 Å². The van der Waals surface area contributed by atoms with Gasteiger partial charge < -0.3 is 15.4 Å². The van der Waals surface area contributed by atoms with Gasteiger partial charge in [0.2, 0.25) is 0 Å². The van der Waals surface area contributed by atoms with Crippen molar-refractivity contribution in [1.82, 2.24) is 0 Å². The van der Waals surface area contributed by atoms with Gasteiger partial charge in [0.05, 0.1) is 11.1 Å². The third-order valence-corrected chi connectivity index (χ3v) is 8.28. The Hall–Kier alpha value is -3.04. The van der Waals surface area contributed by atoms with E-state index >= 15 is 0 Å². The molecule has 4 rings (SSSR count). The molecule has 1 heterocycles. The molecule has 2 N–H and O–H groups in total. The van der Waals surface area contributed by atoms with Crippen molar-refractivity contribution in [3.8, 4) is 5.75 Å². The van der Waals surface area contributed by atoms with Crippen LogP contribution in [0.1, 0.15) is 60.5 Å². The molecular formula is C29H30ClF3N2O3S. The highest BCUT2D eigenvalue weighted by Crippen LogP contribution is 2.44. The van der Waals surface area contributed by atoms with Crippen molar-refractivity contribution in [2.45, 2.75) is 59.2 Å². The van der Waals surface area contributed by atoms with E-state index in [0.29, 0.717) is 28.1 Å². The van der Waals surface area contributed by atoms with Crippen LogP contribution in [0.5, 0.6) is 5.75 Å². The number of anilines is 2. The van der Waals surface area contributed by atoms with E-state index in [4.69, 9.17) is 16.3 Å². The monoisotopic (exact) mass is 578 g/mol. The lowest BCUT2D eigenvalue weighted by atomic mass is 9.72. The number of benzene rings is 2. The average Bonchev–Trinajstić information content (AvgIpc) is 3.20. The summed E-state index contributed by atoms with van der Waals surface area (Å²) in [5.74, 6) is -0.225. The van der Waals surface area contributed by atoms with Crippen LogP contribution in [-0.4, -0.2) is 17.9 Å². The quantitative estimate of drug-likeness (QED) is 0.309. The first-order valence-corrected chi connectivity index (χ1v) is 13.8. The molecule has 2 aromatic carbocycles. The Morgan fingerprint density at radius 3 is 2.46 bits per heavy atom. The zero-order chi connectivity index (χ0) is 28.5. The van der Waals surface area contributed by atoms with Crippen molar-refractivity contribution in [2.24, 2.45) is 11.3 Å². The first-order valence-electron chi connectivity index (χ1n) is 12.6. The van der Waals surface area contributed by atoms with Crippen molar-refractivity contribution in [2.75, 3.05) is 10.6 Å². The number of hydrogen-bond donors (Lipinski definition) is 2.